The monoisotopic (exact) mass is 367 g/mol. The van der Waals surface area contributed by atoms with Crippen LogP contribution in [0.3, 0.4) is 0 Å². The first-order valence-corrected chi connectivity index (χ1v) is 9.36. The number of carbonyl (C=O) groups excluding carboxylic acids is 1. The Morgan fingerprint density at radius 2 is 1.85 bits per heavy atom. The molecule has 0 spiro atoms. The van der Waals surface area contributed by atoms with Crippen molar-refractivity contribution in [2.24, 2.45) is 0 Å². The van der Waals surface area contributed by atoms with E-state index in [0.29, 0.717) is 11.5 Å². The van der Waals surface area contributed by atoms with Gasteiger partial charge in [0, 0.05) is 38.4 Å². The molecule has 6 heteroatoms. The largest absolute Gasteiger partial charge is 0.485 e. The number of amides is 1. The number of hydrogen-bond acceptors (Lipinski definition) is 5. The minimum atomic E-state index is -0.652. The van der Waals surface area contributed by atoms with E-state index in [9.17, 15) is 4.79 Å². The van der Waals surface area contributed by atoms with Crippen molar-refractivity contribution >= 4 is 11.6 Å². The molecule has 2 aromatic carbocycles. The Morgan fingerprint density at radius 1 is 1.07 bits per heavy atom. The number of likely N-dealkylation sites (N-methyl/N-ethyl adjacent to an activating group) is 1. The van der Waals surface area contributed by atoms with E-state index in [2.05, 4.69) is 28.2 Å². The molecule has 2 aromatic rings. The number of nitrogens with zero attached hydrogens (tertiary/aromatic N) is 2. The molecule has 6 nitrogen and oxygen atoms in total. The van der Waals surface area contributed by atoms with E-state index < -0.39 is 6.10 Å². The minimum absolute atomic E-state index is 0.193. The summed E-state index contributed by atoms with van der Waals surface area (Å²) in [6, 6.07) is 15.4. The molecule has 2 aliphatic heterocycles. The summed E-state index contributed by atoms with van der Waals surface area (Å²) in [5.41, 5.74) is 1.98. The van der Waals surface area contributed by atoms with Crippen molar-refractivity contribution < 1.29 is 14.3 Å². The standard InChI is InChI=1S/C21H25N3O3/c1-23-9-11-24(12-10-23)14-16-5-4-6-17(13-16)22-21(25)20-15-26-18-7-2-3-8-19(18)27-20/h2-8,13,20H,9-12,14-15H2,1H3,(H,22,25)/t20-/m1/s1. The fourth-order valence-electron chi connectivity index (χ4n) is 3.38. The zero-order chi connectivity index (χ0) is 18.6. The summed E-state index contributed by atoms with van der Waals surface area (Å²) < 4.78 is 11.4. The molecule has 0 saturated carbocycles. The highest BCUT2D eigenvalue weighted by atomic mass is 16.6. The zero-order valence-corrected chi connectivity index (χ0v) is 15.6. The normalized spacial score (nSPS) is 20.3. The summed E-state index contributed by atoms with van der Waals surface area (Å²) in [7, 11) is 2.16. The molecule has 2 aliphatic rings. The molecule has 0 radical (unpaired) electrons. The number of fused-ring (bicyclic) bond motifs is 1. The summed E-state index contributed by atoms with van der Waals surface area (Å²) in [6.45, 7) is 5.44. The minimum Gasteiger partial charge on any atom is -0.485 e. The average Bonchev–Trinajstić information content (AvgIpc) is 2.69. The summed E-state index contributed by atoms with van der Waals surface area (Å²) >= 11 is 0. The lowest BCUT2D eigenvalue weighted by Gasteiger charge is -2.32. The summed E-state index contributed by atoms with van der Waals surface area (Å²) in [5.74, 6) is 1.09. The van der Waals surface area contributed by atoms with Crippen molar-refractivity contribution in [3.8, 4) is 11.5 Å². The van der Waals surface area contributed by atoms with E-state index in [4.69, 9.17) is 9.47 Å². The smallest absolute Gasteiger partial charge is 0.269 e. The van der Waals surface area contributed by atoms with E-state index in [1.165, 1.54) is 5.56 Å². The molecule has 1 fully saturated rings. The van der Waals surface area contributed by atoms with Gasteiger partial charge in [-0.15, -0.1) is 0 Å². The molecule has 0 unspecified atom stereocenters. The third-order valence-electron chi connectivity index (χ3n) is 5.00. The highest BCUT2D eigenvalue weighted by Crippen LogP contribution is 2.31. The summed E-state index contributed by atoms with van der Waals surface area (Å²) in [4.78, 5) is 17.4. The lowest BCUT2D eigenvalue weighted by Crippen LogP contribution is -2.43. The third-order valence-corrected chi connectivity index (χ3v) is 5.00. The van der Waals surface area contributed by atoms with Gasteiger partial charge in [0.25, 0.3) is 5.91 Å². The Kier molecular flexibility index (Phi) is 5.27. The molecule has 2 heterocycles. The van der Waals surface area contributed by atoms with Gasteiger partial charge in [0.15, 0.2) is 11.5 Å². The lowest BCUT2D eigenvalue weighted by molar-refractivity contribution is -0.125. The van der Waals surface area contributed by atoms with Crippen LogP contribution in [0.5, 0.6) is 11.5 Å². The number of benzene rings is 2. The van der Waals surface area contributed by atoms with Gasteiger partial charge in [-0.25, -0.2) is 0 Å². The first-order valence-electron chi connectivity index (χ1n) is 9.36. The third kappa shape index (κ3) is 4.40. The second-order valence-electron chi connectivity index (χ2n) is 7.13. The fourth-order valence-corrected chi connectivity index (χ4v) is 3.38. The van der Waals surface area contributed by atoms with Crippen molar-refractivity contribution in [1.82, 2.24) is 9.80 Å². The Morgan fingerprint density at radius 3 is 2.67 bits per heavy atom. The Hall–Kier alpha value is -2.57. The molecule has 142 valence electrons. The number of para-hydroxylation sites is 2. The van der Waals surface area contributed by atoms with Crippen LogP contribution < -0.4 is 14.8 Å². The van der Waals surface area contributed by atoms with Gasteiger partial charge in [0.05, 0.1) is 0 Å². The van der Waals surface area contributed by atoms with Gasteiger partial charge >= 0.3 is 0 Å². The van der Waals surface area contributed by atoms with E-state index in [-0.39, 0.29) is 12.5 Å². The fraction of sp³-hybridized carbons (Fsp3) is 0.381. The van der Waals surface area contributed by atoms with Gasteiger partial charge in [0.1, 0.15) is 6.61 Å². The van der Waals surface area contributed by atoms with Crippen LogP contribution in [0, 0.1) is 0 Å². The Bertz CT molecular complexity index is 803. The maximum atomic E-state index is 12.6. The zero-order valence-electron chi connectivity index (χ0n) is 15.6. The number of nitrogens with one attached hydrogen (secondary N) is 1. The summed E-state index contributed by atoms with van der Waals surface area (Å²) in [5, 5.41) is 2.96. The van der Waals surface area contributed by atoms with Crippen molar-refractivity contribution in [2.75, 3.05) is 45.2 Å². The molecule has 4 rings (SSSR count). The molecular formula is C21H25N3O3. The van der Waals surface area contributed by atoms with Crippen LogP contribution in [0.2, 0.25) is 0 Å². The van der Waals surface area contributed by atoms with Crippen molar-refractivity contribution in [3.05, 3.63) is 54.1 Å². The van der Waals surface area contributed by atoms with Crippen molar-refractivity contribution in [1.29, 1.82) is 0 Å². The SMILES string of the molecule is CN1CCN(Cc2cccc(NC(=O)[C@H]3COc4ccccc4O3)c2)CC1. The number of piperazine rings is 1. The molecule has 0 bridgehead atoms. The molecule has 27 heavy (non-hydrogen) atoms. The maximum absolute atomic E-state index is 12.6. The second kappa shape index (κ2) is 7.98. The summed E-state index contributed by atoms with van der Waals surface area (Å²) in [6.07, 6.45) is -0.652. The number of hydrogen-bond donors (Lipinski definition) is 1. The van der Waals surface area contributed by atoms with Gasteiger partial charge in [-0.3, -0.25) is 9.69 Å². The van der Waals surface area contributed by atoms with Gasteiger partial charge in [0.2, 0.25) is 6.10 Å². The van der Waals surface area contributed by atoms with Gasteiger partial charge in [-0.1, -0.05) is 24.3 Å². The number of rotatable bonds is 4. The molecular weight excluding hydrogens is 342 g/mol. The first-order chi connectivity index (χ1) is 13.2. The lowest BCUT2D eigenvalue weighted by atomic mass is 10.1. The predicted octanol–water partition coefficient (Wildman–Crippen LogP) is 2.21. The van der Waals surface area contributed by atoms with Crippen LogP contribution in [0.4, 0.5) is 5.69 Å². The van der Waals surface area contributed by atoms with Crippen LogP contribution in [0.25, 0.3) is 0 Å². The molecule has 0 aromatic heterocycles. The predicted molar refractivity (Wildman–Crippen MR) is 104 cm³/mol. The first kappa shape index (κ1) is 17.8. The van der Waals surface area contributed by atoms with Crippen LogP contribution >= 0.6 is 0 Å². The van der Waals surface area contributed by atoms with Gasteiger partial charge < -0.3 is 19.7 Å². The quantitative estimate of drug-likeness (QED) is 0.898. The molecule has 1 amide bonds. The Balaban J connectivity index is 1.36. The van der Waals surface area contributed by atoms with Crippen molar-refractivity contribution in [3.63, 3.8) is 0 Å². The van der Waals surface area contributed by atoms with Crippen LogP contribution in [-0.2, 0) is 11.3 Å². The van der Waals surface area contributed by atoms with Crippen LogP contribution in [0.1, 0.15) is 5.56 Å². The Labute approximate surface area is 159 Å². The van der Waals surface area contributed by atoms with E-state index >= 15 is 0 Å². The second-order valence-corrected chi connectivity index (χ2v) is 7.13. The highest BCUT2D eigenvalue weighted by molar-refractivity contribution is 5.94. The molecule has 1 N–H and O–H groups in total. The number of ether oxygens (including phenoxy) is 2. The van der Waals surface area contributed by atoms with Gasteiger partial charge in [-0.2, -0.15) is 0 Å². The highest BCUT2D eigenvalue weighted by Gasteiger charge is 2.27. The molecule has 0 aliphatic carbocycles. The average molecular weight is 367 g/mol. The maximum Gasteiger partial charge on any atom is 0.269 e. The van der Waals surface area contributed by atoms with Crippen LogP contribution in [-0.4, -0.2) is 61.6 Å². The topological polar surface area (TPSA) is 54.0 Å². The van der Waals surface area contributed by atoms with Crippen molar-refractivity contribution in [2.45, 2.75) is 12.6 Å². The van der Waals surface area contributed by atoms with E-state index in [0.717, 1.165) is 38.4 Å². The van der Waals surface area contributed by atoms with E-state index in [1.807, 2.05) is 42.5 Å². The number of anilines is 1. The van der Waals surface area contributed by atoms with E-state index in [1.54, 1.807) is 0 Å². The van der Waals surface area contributed by atoms with Crippen LogP contribution in [0.15, 0.2) is 48.5 Å². The molecule has 1 saturated heterocycles. The molecule has 1 atom stereocenters. The number of carbonyl (C=O) groups is 1. The van der Waals surface area contributed by atoms with Gasteiger partial charge in [-0.05, 0) is 36.9 Å².